The van der Waals surface area contributed by atoms with Gasteiger partial charge >= 0.3 is 15.5 Å². The lowest BCUT2D eigenvalue weighted by molar-refractivity contribution is -0.0494. The maximum absolute atomic E-state index is 13.0. The van der Waals surface area contributed by atoms with Crippen molar-refractivity contribution in [1.82, 2.24) is 9.29 Å². The summed E-state index contributed by atoms with van der Waals surface area (Å²) in [4.78, 5) is 15.3. The molecule has 1 aromatic heterocycles. The van der Waals surface area contributed by atoms with Gasteiger partial charge in [0.2, 0.25) is 5.56 Å². The first-order valence-corrected chi connectivity index (χ1v) is 15.1. The van der Waals surface area contributed by atoms with E-state index in [1.165, 1.54) is 6.07 Å². The normalized spacial score (nSPS) is 16.1. The summed E-state index contributed by atoms with van der Waals surface area (Å²) in [6.07, 6.45) is 0.278. The number of piperidine rings is 1. The van der Waals surface area contributed by atoms with Crippen LogP contribution in [0.5, 0.6) is 0 Å². The molecule has 0 saturated carbocycles. The van der Waals surface area contributed by atoms with Crippen LogP contribution in [0.3, 0.4) is 0 Å². The highest BCUT2D eigenvalue weighted by molar-refractivity contribution is 7.90. The average Bonchev–Trinajstić information content (AvgIpc) is 2.92. The van der Waals surface area contributed by atoms with E-state index >= 15 is 0 Å². The summed E-state index contributed by atoms with van der Waals surface area (Å²) >= 11 is 18.7. The minimum absolute atomic E-state index is 0.139. The van der Waals surface area contributed by atoms with Gasteiger partial charge in [0.25, 0.3) is 0 Å². The van der Waals surface area contributed by atoms with Crippen molar-refractivity contribution in [1.29, 1.82) is 0 Å². The van der Waals surface area contributed by atoms with E-state index in [-0.39, 0.29) is 43.5 Å². The lowest BCUT2D eigenvalue weighted by Crippen LogP contribution is -2.47. The highest BCUT2D eigenvalue weighted by Crippen LogP contribution is 2.38. The second-order valence-electron chi connectivity index (χ2n) is 9.78. The first kappa shape index (κ1) is 29.7. The lowest BCUT2D eigenvalue weighted by atomic mass is 9.84. The van der Waals surface area contributed by atoms with E-state index < -0.39 is 15.5 Å². The number of hydrogen-bond donors (Lipinski definition) is 2. The Bertz CT molecular complexity index is 1760. The molecule has 1 aliphatic rings. The third-order valence-electron chi connectivity index (χ3n) is 7.13. The molecule has 1 saturated heterocycles. The van der Waals surface area contributed by atoms with Crippen molar-refractivity contribution in [3.8, 4) is 0 Å². The van der Waals surface area contributed by atoms with E-state index in [4.69, 9.17) is 34.8 Å². The maximum Gasteiger partial charge on any atom is 0.511 e. The summed E-state index contributed by atoms with van der Waals surface area (Å²) in [5.41, 5.74) is -1.97. The van der Waals surface area contributed by atoms with Gasteiger partial charge in [-0.3, -0.25) is 4.79 Å². The summed E-state index contributed by atoms with van der Waals surface area (Å²) in [7, 11) is -5.39. The van der Waals surface area contributed by atoms with Gasteiger partial charge in [-0.25, -0.2) is 8.42 Å². The van der Waals surface area contributed by atoms with Crippen LogP contribution >= 0.6 is 34.8 Å². The quantitative estimate of drug-likeness (QED) is 0.215. The molecule has 216 valence electrons. The number of fused-ring (bicyclic) bond motifs is 1. The van der Waals surface area contributed by atoms with Crippen molar-refractivity contribution in [3.05, 3.63) is 109 Å². The molecule has 1 unspecified atom stereocenters. The van der Waals surface area contributed by atoms with Crippen LogP contribution in [0.25, 0.3) is 10.9 Å². The number of alkyl halides is 3. The zero-order valence-electron chi connectivity index (χ0n) is 21.2. The van der Waals surface area contributed by atoms with Crippen molar-refractivity contribution >= 4 is 61.4 Å². The number of aromatic nitrogens is 1. The molecule has 0 radical (unpaired) electrons. The highest BCUT2D eigenvalue weighted by Gasteiger charge is 2.50. The van der Waals surface area contributed by atoms with E-state index in [1.54, 1.807) is 30.3 Å². The Morgan fingerprint density at radius 2 is 1.46 bits per heavy atom. The van der Waals surface area contributed by atoms with Crippen LogP contribution < -0.4 is 10.9 Å². The molecule has 13 heteroatoms. The number of rotatable bonds is 6. The topological polar surface area (TPSA) is 82.3 Å². The molecule has 5 rings (SSSR count). The van der Waals surface area contributed by atoms with Crippen molar-refractivity contribution in [2.45, 2.75) is 30.3 Å². The Hall–Kier alpha value is -2.76. The molecule has 6 nitrogen and oxygen atoms in total. The Balaban J connectivity index is 1.51. The van der Waals surface area contributed by atoms with Gasteiger partial charge in [-0.1, -0.05) is 59.1 Å². The molecule has 0 amide bonds. The summed E-state index contributed by atoms with van der Waals surface area (Å²) in [5, 5.41) is 5.35. The number of aromatic amines is 1. The standard InChI is InChI=1S/C28H23Cl3F3N3O3S/c29-19-5-1-16(2-6-19)27(18-3-7-22(30)23(31)14-18)17-4-8-24-21(13-17)25(15-26(38)36-24)35-20-9-11-37(12-10-20)41(39,40)28(32,33)34/h1-8,13-15,20,27H,9-12H2,(H2,35,36,38). The van der Waals surface area contributed by atoms with Crippen molar-refractivity contribution < 1.29 is 21.6 Å². The van der Waals surface area contributed by atoms with E-state index in [0.717, 1.165) is 16.7 Å². The molecule has 0 bridgehead atoms. The van der Waals surface area contributed by atoms with Gasteiger partial charge in [-0.2, -0.15) is 17.5 Å². The van der Waals surface area contributed by atoms with Crippen LogP contribution in [0.15, 0.2) is 71.5 Å². The Morgan fingerprint density at radius 3 is 2.10 bits per heavy atom. The summed E-state index contributed by atoms with van der Waals surface area (Å²) < 4.78 is 63.0. The first-order valence-electron chi connectivity index (χ1n) is 12.5. The van der Waals surface area contributed by atoms with Crippen LogP contribution in [-0.2, 0) is 10.0 Å². The molecule has 4 aromatic rings. The van der Waals surface area contributed by atoms with Gasteiger partial charge in [0.1, 0.15) is 0 Å². The van der Waals surface area contributed by atoms with Gasteiger partial charge in [0.15, 0.2) is 0 Å². The average molecular weight is 645 g/mol. The number of sulfonamides is 1. The highest BCUT2D eigenvalue weighted by atomic mass is 35.5. The molecule has 1 fully saturated rings. The second-order valence-corrected chi connectivity index (χ2v) is 13.0. The molecule has 1 atom stereocenters. The summed E-state index contributed by atoms with van der Waals surface area (Å²) in [6.45, 7) is -0.580. The molecule has 1 aliphatic heterocycles. The third kappa shape index (κ3) is 6.22. The Morgan fingerprint density at radius 1 is 0.854 bits per heavy atom. The van der Waals surface area contributed by atoms with Crippen molar-refractivity contribution in [2.75, 3.05) is 18.4 Å². The SMILES string of the molecule is O=c1cc(NC2CCN(S(=O)(=O)C(F)(F)F)CC2)c2cc(C(c3ccc(Cl)cc3)c3ccc(Cl)c(Cl)c3)ccc2[nH]1. The minimum atomic E-state index is -5.39. The van der Waals surface area contributed by atoms with Gasteiger partial charge in [-0.05, 0) is 65.9 Å². The molecule has 0 spiro atoms. The zero-order chi connectivity index (χ0) is 29.5. The molecule has 2 N–H and O–H groups in total. The van der Waals surface area contributed by atoms with E-state index in [2.05, 4.69) is 10.3 Å². The number of halogens is 6. The monoisotopic (exact) mass is 643 g/mol. The smallest absolute Gasteiger partial charge is 0.382 e. The molecular formula is C28H23Cl3F3N3O3S. The molecule has 3 aromatic carbocycles. The van der Waals surface area contributed by atoms with Crippen LogP contribution in [0.4, 0.5) is 18.9 Å². The number of hydrogen-bond acceptors (Lipinski definition) is 4. The van der Waals surface area contributed by atoms with Gasteiger partial charge in [-0.15, -0.1) is 0 Å². The largest absolute Gasteiger partial charge is 0.511 e. The van der Waals surface area contributed by atoms with Gasteiger partial charge in [0.05, 0.1) is 15.6 Å². The van der Waals surface area contributed by atoms with Crippen molar-refractivity contribution in [2.24, 2.45) is 0 Å². The summed E-state index contributed by atoms with van der Waals surface area (Å²) in [6, 6.07) is 19.5. The van der Waals surface area contributed by atoms with E-state index in [9.17, 15) is 26.4 Å². The van der Waals surface area contributed by atoms with E-state index in [1.807, 2.05) is 30.3 Å². The number of nitrogens with one attached hydrogen (secondary N) is 2. The van der Waals surface area contributed by atoms with Gasteiger partial charge in [0, 0.05) is 47.2 Å². The second kappa shape index (κ2) is 11.5. The van der Waals surface area contributed by atoms with Crippen LogP contribution in [0.1, 0.15) is 35.4 Å². The van der Waals surface area contributed by atoms with Crippen molar-refractivity contribution in [3.63, 3.8) is 0 Å². The summed E-state index contributed by atoms with van der Waals surface area (Å²) in [5.74, 6) is -0.276. The minimum Gasteiger partial charge on any atom is -0.382 e. The molecule has 2 heterocycles. The van der Waals surface area contributed by atoms with Gasteiger partial charge < -0.3 is 10.3 Å². The lowest BCUT2D eigenvalue weighted by Gasteiger charge is -2.32. The first-order chi connectivity index (χ1) is 19.3. The zero-order valence-corrected chi connectivity index (χ0v) is 24.3. The molecule has 0 aliphatic carbocycles. The predicted molar refractivity (Wildman–Crippen MR) is 157 cm³/mol. The number of nitrogens with zero attached hydrogens (tertiary/aromatic N) is 1. The molecular weight excluding hydrogens is 622 g/mol. The maximum atomic E-state index is 13.0. The van der Waals surface area contributed by atoms with Crippen LogP contribution in [-0.4, -0.2) is 42.3 Å². The van der Waals surface area contributed by atoms with Crippen LogP contribution in [0.2, 0.25) is 15.1 Å². The number of pyridine rings is 1. The predicted octanol–water partition coefficient (Wildman–Crippen LogP) is 7.39. The van der Waals surface area contributed by atoms with Crippen LogP contribution in [0, 0.1) is 0 Å². The molecule has 41 heavy (non-hydrogen) atoms. The number of benzene rings is 3. The fraction of sp³-hybridized carbons (Fsp3) is 0.250. The third-order valence-corrected chi connectivity index (χ3v) is 9.75. The fourth-order valence-electron chi connectivity index (χ4n) is 5.10. The number of anilines is 1. The van der Waals surface area contributed by atoms with E-state index in [0.29, 0.717) is 36.0 Å². The Labute approximate surface area is 249 Å². The fourth-order valence-corrected chi connectivity index (χ4v) is 6.52. The Kier molecular flexibility index (Phi) is 8.33. The number of H-pyrrole nitrogens is 1.